The maximum Gasteiger partial charge on any atom is 0.405 e. The molecule has 1 unspecified atom stereocenters. The fraction of sp³-hybridized carbons (Fsp3) is 0.357. The van der Waals surface area contributed by atoms with E-state index < -0.39 is 36.4 Å². The molecule has 0 aromatic carbocycles. The van der Waals surface area contributed by atoms with Crippen molar-refractivity contribution >= 4 is 40.4 Å². The van der Waals surface area contributed by atoms with Crippen molar-refractivity contribution in [2.45, 2.75) is 19.0 Å². The number of thiazole rings is 1. The van der Waals surface area contributed by atoms with Gasteiger partial charge in [-0.1, -0.05) is 6.08 Å². The van der Waals surface area contributed by atoms with Gasteiger partial charge in [0.15, 0.2) is 5.13 Å². The van der Waals surface area contributed by atoms with Gasteiger partial charge in [0.1, 0.15) is 12.5 Å². The summed E-state index contributed by atoms with van der Waals surface area (Å²) >= 11 is 1.08. The number of carbonyl (C=O) groups excluding carboxylic acids is 3. The number of carbonyl (C=O) groups is 3. The Morgan fingerprint density at radius 1 is 1.32 bits per heavy atom. The van der Waals surface area contributed by atoms with E-state index in [1.54, 1.807) is 10.7 Å². The van der Waals surface area contributed by atoms with Crippen molar-refractivity contribution in [1.29, 1.82) is 0 Å². The van der Waals surface area contributed by atoms with Crippen molar-refractivity contribution in [2.24, 2.45) is 10.9 Å². The Hall–Kier alpha value is -2.56. The number of rotatable bonds is 6. The first kappa shape index (κ1) is 18.8. The summed E-state index contributed by atoms with van der Waals surface area (Å²) < 4.78 is 35.9. The number of amides is 3. The lowest BCUT2D eigenvalue weighted by Crippen LogP contribution is -2.33. The van der Waals surface area contributed by atoms with Crippen LogP contribution >= 0.6 is 11.3 Å². The molecule has 0 fully saturated rings. The van der Waals surface area contributed by atoms with Gasteiger partial charge in [-0.2, -0.15) is 13.2 Å². The molecule has 0 bridgehead atoms. The summed E-state index contributed by atoms with van der Waals surface area (Å²) in [7, 11) is 0. The van der Waals surface area contributed by atoms with Crippen molar-refractivity contribution in [1.82, 2.24) is 10.3 Å². The van der Waals surface area contributed by atoms with E-state index in [4.69, 9.17) is 0 Å². The molecule has 2 rings (SSSR count). The highest BCUT2D eigenvalue weighted by Gasteiger charge is 2.28. The minimum Gasteiger partial charge on any atom is -0.347 e. The lowest BCUT2D eigenvalue weighted by atomic mass is 10.1. The number of allylic oxidation sites excluding steroid dienone is 1. The number of anilines is 1. The largest absolute Gasteiger partial charge is 0.405 e. The Balaban J connectivity index is 1.81. The standard InChI is InChI=1S/C14H13F3N4O3S/c15-14(16,17)7-19-10(22)4-3-8-6-25-13(20-8)21-12(24)9-2-1-5-18-11(9)23/h1-2,5-6,9H,3-4,7H2,(H,19,22)(H,20,21,24). The Labute approximate surface area is 144 Å². The van der Waals surface area contributed by atoms with Gasteiger partial charge in [0.05, 0.1) is 5.69 Å². The molecule has 25 heavy (non-hydrogen) atoms. The van der Waals surface area contributed by atoms with Gasteiger partial charge in [0.25, 0.3) is 5.91 Å². The summed E-state index contributed by atoms with van der Waals surface area (Å²) in [5, 5.41) is 6.03. The molecule has 11 heteroatoms. The Morgan fingerprint density at radius 2 is 2.08 bits per heavy atom. The SMILES string of the molecule is O=C(CCc1csc(NC(=O)C2C=CC=NC2=O)n1)NCC(F)(F)F. The predicted octanol–water partition coefficient (Wildman–Crippen LogP) is 1.48. The second kappa shape index (κ2) is 8.01. The van der Waals surface area contributed by atoms with Crippen LogP contribution in [0.5, 0.6) is 0 Å². The molecule has 1 atom stereocenters. The Kier molecular flexibility index (Phi) is 6.02. The number of aryl methyl sites for hydroxylation is 1. The van der Waals surface area contributed by atoms with E-state index in [-0.39, 0.29) is 18.0 Å². The van der Waals surface area contributed by atoms with Crippen molar-refractivity contribution in [3.8, 4) is 0 Å². The third-order valence-electron chi connectivity index (χ3n) is 3.02. The van der Waals surface area contributed by atoms with Gasteiger partial charge >= 0.3 is 6.18 Å². The maximum absolute atomic E-state index is 12.0. The van der Waals surface area contributed by atoms with Gasteiger partial charge in [-0.25, -0.2) is 9.98 Å². The fourth-order valence-corrected chi connectivity index (χ4v) is 2.58. The van der Waals surface area contributed by atoms with E-state index in [1.165, 1.54) is 18.4 Å². The molecule has 0 aliphatic carbocycles. The van der Waals surface area contributed by atoms with E-state index in [0.717, 1.165) is 11.3 Å². The highest BCUT2D eigenvalue weighted by molar-refractivity contribution is 7.13. The van der Waals surface area contributed by atoms with Crippen LogP contribution < -0.4 is 10.6 Å². The second-order valence-electron chi connectivity index (χ2n) is 5.00. The van der Waals surface area contributed by atoms with Gasteiger partial charge in [0, 0.05) is 18.0 Å². The van der Waals surface area contributed by atoms with E-state index in [9.17, 15) is 27.6 Å². The lowest BCUT2D eigenvalue weighted by Gasteiger charge is -2.09. The quantitative estimate of drug-likeness (QED) is 0.737. The molecular weight excluding hydrogens is 361 g/mol. The van der Waals surface area contributed by atoms with Gasteiger partial charge < -0.3 is 10.6 Å². The van der Waals surface area contributed by atoms with Crippen LogP contribution in [-0.2, 0) is 20.8 Å². The summed E-state index contributed by atoms with van der Waals surface area (Å²) in [6, 6.07) is 0. The lowest BCUT2D eigenvalue weighted by molar-refractivity contribution is -0.138. The van der Waals surface area contributed by atoms with Crippen LogP contribution in [0.3, 0.4) is 0 Å². The first-order valence-corrected chi connectivity index (χ1v) is 7.96. The molecule has 1 aliphatic heterocycles. The van der Waals surface area contributed by atoms with E-state index >= 15 is 0 Å². The van der Waals surface area contributed by atoms with Gasteiger partial charge in [-0.05, 0) is 12.5 Å². The zero-order valence-corrected chi connectivity index (χ0v) is 13.5. The zero-order valence-electron chi connectivity index (χ0n) is 12.7. The summed E-state index contributed by atoms with van der Waals surface area (Å²) in [6.45, 7) is -1.38. The predicted molar refractivity (Wildman–Crippen MR) is 84.3 cm³/mol. The molecule has 2 heterocycles. The molecule has 0 radical (unpaired) electrons. The third-order valence-corrected chi connectivity index (χ3v) is 3.82. The van der Waals surface area contributed by atoms with Gasteiger partial charge in [0.2, 0.25) is 11.8 Å². The number of nitrogens with one attached hydrogen (secondary N) is 2. The summed E-state index contributed by atoms with van der Waals surface area (Å²) in [5.74, 6) is -2.93. The number of nitrogens with zero attached hydrogens (tertiary/aromatic N) is 2. The summed E-state index contributed by atoms with van der Waals surface area (Å²) in [6.07, 6.45) is -0.308. The number of aliphatic imine (C=N–C) groups is 1. The number of dihydropyridines is 1. The van der Waals surface area contributed by atoms with Crippen molar-refractivity contribution in [3.63, 3.8) is 0 Å². The Bertz CT molecular complexity index is 727. The average Bonchev–Trinajstić information content (AvgIpc) is 2.98. The number of alkyl halides is 3. The van der Waals surface area contributed by atoms with Crippen LogP contribution in [0.15, 0.2) is 22.5 Å². The molecule has 0 saturated carbocycles. The maximum atomic E-state index is 12.0. The minimum absolute atomic E-state index is 0.128. The average molecular weight is 374 g/mol. The van der Waals surface area contributed by atoms with Crippen molar-refractivity contribution in [2.75, 3.05) is 11.9 Å². The van der Waals surface area contributed by atoms with Crippen LogP contribution in [0.2, 0.25) is 0 Å². The van der Waals surface area contributed by atoms with Gasteiger partial charge in [-0.3, -0.25) is 14.4 Å². The number of hydrogen-bond donors (Lipinski definition) is 2. The van der Waals surface area contributed by atoms with Crippen LogP contribution in [0.1, 0.15) is 12.1 Å². The molecule has 3 amide bonds. The molecule has 0 spiro atoms. The zero-order chi connectivity index (χ0) is 18.4. The molecule has 7 nitrogen and oxygen atoms in total. The molecular formula is C14H13F3N4O3S. The number of hydrogen-bond acceptors (Lipinski definition) is 5. The summed E-state index contributed by atoms with van der Waals surface area (Å²) in [5.41, 5.74) is 0.450. The van der Waals surface area contributed by atoms with Crippen LogP contribution in [0.4, 0.5) is 18.3 Å². The Morgan fingerprint density at radius 3 is 2.76 bits per heavy atom. The van der Waals surface area contributed by atoms with Crippen molar-refractivity contribution in [3.05, 3.63) is 23.2 Å². The monoisotopic (exact) mass is 374 g/mol. The topological polar surface area (TPSA) is 101 Å². The molecule has 1 aliphatic rings. The first-order valence-electron chi connectivity index (χ1n) is 7.08. The van der Waals surface area contributed by atoms with E-state index in [0.29, 0.717) is 5.69 Å². The third kappa shape index (κ3) is 6.10. The second-order valence-corrected chi connectivity index (χ2v) is 5.86. The number of halogens is 3. The molecule has 1 aromatic rings. The van der Waals surface area contributed by atoms with Crippen LogP contribution in [0.25, 0.3) is 0 Å². The van der Waals surface area contributed by atoms with Crippen LogP contribution in [-0.4, -0.2) is 41.6 Å². The number of aromatic nitrogens is 1. The fourth-order valence-electron chi connectivity index (χ4n) is 1.83. The van der Waals surface area contributed by atoms with Crippen molar-refractivity contribution < 1.29 is 27.6 Å². The minimum atomic E-state index is -4.46. The molecule has 0 saturated heterocycles. The van der Waals surface area contributed by atoms with E-state index in [1.807, 2.05) is 0 Å². The smallest absolute Gasteiger partial charge is 0.347 e. The molecule has 2 N–H and O–H groups in total. The van der Waals surface area contributed by atoms with Crippen LogP contribution in [0, 0.1) is 5.92 Å². The highest BCUT2D eigenvalue weighted by Crippen LogP contribution is 2.19. The molecule has 1 aromatic heterocycles. The summed E-state index contributed by atoms with van der Waals surface area (Å²) in [4.78, 5) is 42.4. The molecule has 134 valence electrons. The first-order chi connectivity index (χ1) is 11.7. The van der Waals surface area contributed by atoms with E-state index in [2.05, 4.69) is 15.3 Å². The highest BCUT2D eigenvalue weighted by atomic mass is 32.1. The normalized spacial score (nSPS) is 16.8. The van der Waals surface area contributed by atoms with Gasteiger partial charge in [-0.15, -0.1) is 11.3 Å².